The SMILES string of the molecule is COc1ccc(C(F)(F)F)cc1-c1cc(Cl)c(C)cc1O. The molecule has 0 saturated carbocycles. The van der Waals surface area contributed by atoms with Crippen molar-refractivity contribution >= 4 is 11.6 Å². The Morgan fingerprint density at radius 3 is 2.33 bits per heavy atom. The molecule has 1 N–H and O–H groups in total. The standard InChI is InChI=1S/C15H12ClF3O2/c1-8-5-13(20)10(7-12(8)16)11-6-9(15(17,18)19)3-4-14(11)21-2/h3-7,20H,1-2H3. The summed E-state index contributed by atoms with van der Waals surface area (Å²) in [6.07, 6.45) is -4.48. The Hall–Kier alpha value is -1.88. The van der Waals surface area contributed by atoms with E-state index in [1.165, 1.54) is 25.3 Å². The van der Waals surface area contributed by atoms with Gasteiger partial charge in [-0.1, -0.05) is 11.6 Å². The van der Waals surface area contributed by atoms with Crippen molar-refractivity contribution < 1.29 is 23.0 Å². The smallest absolute Gasteiger partial charge is 0.416 e. The number of halogens is 4. The summed E-state index contributed by atoms with van der Waals surface area (Å²) in [7, 11) is 1.35. The van der Waals surface area contributed by atoms with Crippen LogP contribution in [0, 0.1) is 6.92 Å². The molecular weight excluding hydrogens is 305 g/mol. The molecule has 0 saturated heterocycles. The van der Waals surface area contributed by atoms with E-state index in [1.54, 1.807) is 6.92 Å². The van der Waals surface area contributed by atoms with E-state index in [-0.39, 0.29) is 22.6 Å². The molecule has 0 fully saturated rings. The lowest BCUT2D eigenvalue weighted by atomic mass is 9.99. The van der Waals surface area contributed by atoms with Crippen molar-refractivity contribution in [3.05, 3.63) is 46.5 Å². The van der Waals surface area contributed by atoms with Crippen molar-refractivity contribution in [3.63, 3.8) is 0 Å². The number of hydrogen-bond donors (Lipinski definition) is 1. The number of aryl methyl sites for hydroxylation is 1. The maximum Gasteiger partial charge on any atom is 0.416 e. The van der Waals surface area contributed by atoms with Crippen LogP contribution in [0.2, 0.25) is 5.02 Å². The Balaban J connectivity index is 2.70. The van der Waals surface area contributed by atoms with Crippen molar-refractivity contribution in [2.24, 2.45) is 0 Å². The first-order valence-corrected chi connectivity index (χ1v) is 6.36. The number of hydrogen-bond acceptors (Lipinski definition) is 2. The first-order chi connectivity index (χ1) is 9.74. The summed E-state index contributed by atoms with van der Waals surface area (Å²) in [6.45, 7) is 1.69. The average Bonchev–Trinajstić information content (AvgIpc) is 2.41. The van der Waals surface area contributed by atoms with Crippen LogP contribution in [0.3, 0.4) is 0 Å². The fourth-order valence-electron chi connectivity index (χ4n) is 1.98. The molecule has 0 bridgehead atoms. The molecular formula is C15H12ClF3O2. The van der Waals surface area contributed by atoms with Gasteiger partial charge in [-0.2, -0.15) is 13.2 Å². The first-order valence-electron chi connectivity index (χ1n) is 5.98. The molecule has 0 spiro atoms. The third-order valence-electron chi connectivity index (χ3n) is 3.09. The third-order valence-corrected chi connectivity index (χ3v) is 3.50. The highest BCUT2D eigenvalue weighted by molar-refractivity contribution is 6.31. The molecule has 0 heterocycles. The number of aromatic hydroxyl groups is 1. The van der Waals surface area contributed by atoms with Crippen LogP contribution in [0.1, 0.15) is 11.1 Å². The maximum absolute atomic E-state index is 12.8. The summed E-state index contributed by atoms with van der Waals surface area (Å²) in [6, 6.07) is 5.89. The summed E-state index contributed by atoms with van der Waals surface area (Å²) in [5, 5.41) is 10.3. The topological polar surface area (TPSA) is 29.5 Å². The van der Waals surface area contributed by atoms with Crippen molar-refractivity contribution in [2.45, 2.75) is 13.1 Å². The highest BCUT2D eigenvalue weighted by Gasteiger charge is 2.31. The predicted octanol–water partition coefficient (Wildman–Crippen LogP) is 5.05. The van der Waals surface area contributed by atoms with Gasteiger partial charge in [-0.15, -0.1) is 0 Å². The maximum atomic E-state index is 12.8. The van der Waals surface area contributed by atoms with Crippen molar-refractivity contribution in [3.8, 4) is 22.6 Å². The summed E-state index contributed by atoms with van der Waals surface area (Å²) in [5.74, 6) is 0.0627. The summed E-state index contributed by atoms with van der Waals surface area (Å²) in [4.78, 5) is 0. The van der Waals surface area contributed by atoms with E-state index in [9.17, 15) is 18.3 Å². The molecule has 2 nitrogen and oxygen atoms in total. The van der Waals surface area contributed by atoms with Crippen LogP contribution < -0.4 is 4.74 Å². The van der Waals surface area contributed by atoms with Gasteiger partial charge in [0.2, 0.25) is 0 Å². The third kappa shape index (κ3) is 3.08. The molecule has 0 unspecified atom stereocenters. The summed E-state index contributed by atoms with van der Waals surface area (Å²) >= 11 is 5.99. The summed E-state index contributed by atoms with van der Waals surface area (Å²) < 4.78 is 43.6. The zero-order chi connectivity index (χ0) is 15.8. The second kappa shape index (κ2) is 5.48. The van der Waals surface area contributed by atoms with Gasteiger partial charge < -0.3 is 9.84 Å². The van der Waals surface area contributed by atoms with E-state index in [0.717, 1.165) is 12.1 Å². The lowest BCUT2D eigenvalue weighted by molar-refractivity contribution is -0.137. The molecule has 6 heteroatoms. The normalized spacial score (nSPS) is 11.5. The first kappa shape index (κ1) is 15.5. The second-order valence-electron chi connectivity index (χ2n) is 4.53. The van der Waals surface area contributed by atoms with Crippen LogP contribution in [-0.2, 0) is 6.18 Å². The lowest BCUT2D eigenvalue weighted by Crippen LogP contribution is -2.05. The molecule has 0 aromatic heterocycles. The van der Waals surface area contributed by atoms with Gasteiger partial charge in [0.1, 0.15) is 11.5 Å². The minimum absolute atomic E-state index is 0.131. The Morgan fingerprint density at radius 2 is 1.76 bits per heavy atom. The molecule has 21 heavy (non-hydrogen) atoms. The van der Waals surface area contributed by atoms with Gasteiger partial charge in [0, 0.05) is 16.1 Å². The molecule has 0 atom stereocenters. The van der Waals surface area contributed by atoms with Crippen molar-refractivity contribution in [1.82, 2.24) is 0 Å². The van der Waals surface area contributed by atoms with E-state index in [2.05, 4.69) is 0 Å². The molecule has 2 rings (SSSR count). The molecule has 0 aliphatic carbocycles. The fourth-order valence-corrected chi connectivity index (χ4v) is 2.14. The summed E-state index contributed by atoms with van der Waals surface area (Å²) in [5.41, 5.74) is 0.124. The Kier molecular flexibility index (Phi) is 4.05. The molecule has 0 radical (unpaired) electrons. The van der Waals surface area contributed by atoms with Gasteiger partial charge in [-0.3, -0.25) is 0 Å². The Labute approximate surface area is 124 Å². The molecule has 0 aliphatic rings. The number of phenolic OH excluding ortho intramolecular Hbond substituents is 1. The Morgan fingerprint density at radius 1 is 1.10 bits per heavy atom. The average molecular weight is 317 g/mol. The van der Waals surface area contributed by atoms with Crippen molar-refractivity contribution in [2.75, 3.05) is 7.11 Å². The minimum Gasteiger partial charge on any atom is -0.507 e. The number of phenols is 1. The monoisotopic (exact) mass is 316 g/mol. The Bertz CT molecular complexity index is 681. The molecule has 2 aromatic rings. The van der Waals surface area contributed by atoms with Crippen LogP contribution in [0.5, 0.6) is 11.5 Å². The highest BCUT2D eigenvalue weighted by atomic mass is 35.5. The number of methoxy groups -OCH3 is 1. The number of benzene rings is 2. The zero-order valence-electron chi connectivity index (χ0n) is 11.3. The van der Waals surface area contributed by atoms with Gasteiger partial charge in [0.05, 0.1) is 12.7 Å². The van der Waals surface area contributed by atoms with Gasteiger partial charge in [-0.25, -0.2) is 0 Å². The van der Waals surface area contributed by atoms with Crippen molar-refractivity contribution in [1.29, 1.82) is 0 Å². The van der Waals surface area contributed by atoms with Gasteiger partial charge in [0.15, 0.2) is 0 Å². The van der Waals surface area contributed by atoms with Crippen LogP contribution in [0.15, 0.2) is 30.3 Å². The predicted molar refractivity (Wildman–Crippen MR) is 74.8 cm³/mol. The second-order valence-corrected chi connectivity index (χ2v) is 4.94. The fraction of sp³-hybridized carbons (Fsp3) is 0.200. The zero-order valence-corrected chi connectivity index (χ0v) is 12.0. The highest BCUT2D eigenvalue weighted by Crippen LogP contribution is 2.41. The number of alkyl halides is 3. The molecule has 0 aliphatic heterocycles. The van der Waals surface area contributed by atoms with Crippen LogP contribution in [0.25, 0.3) is 11.1 Å². The molecule has 112 valence electrons. The van der Waals surface area contributed by atoms with E-state index >= 15 is 0 Å². The van der Waals surface area contributed by atoms with Crippen LogP contribution in [-0.4, -0.2) is 12.2 Å². The van der Waals surface area contributed by atoms with E-state index in [0.29, 0.717) is 10.6 Å². The number of ether oxygens (including phenoxy) is 1. The lowest BCUT2D eigenvalue weighted by Gasteiger charge is -2.14. The number of rotatable bonds is 2. The van der Waals surface area contributed by atoms with Gasteiger partial charge in [-0.05, 0) is 42.8 Å². The van der Waals surface area contributed by atoms with E-state index < -0.39 is 11.7 Å². The van der Waals surface area contributed by atoms with Gasteiger partial charge >= 0.3 is 6.18 Å². The molecule has 2 aromatic carbocycles. The van der Waals surface area contributed by atoms with Gasteiger partial charge in [0.25, 0.3) is 0 Å². The van der Waals surface area contributed by atoms with Crippen LogP contribution >= 0.6 is 11.6 Å². The minimum atomic E-state index is -4.48. The molecule has 0 amide bonds. The van der Waals surface area contributed by atoms with E-state index in [4.69, 9.17) is 16.3 Å². The largest absolute Gasteiger partial charge is 0.507 e. The van der Waals surface area contributed by atoms with Crippen LogP contribution in [0.4, 0.5) is 13.2 Å². The quantitative estimate of drug-likeness (QED) is 0.840. The van der Waals surface area contributed by atoms with E-state index in [1.807, 2.05) is 0 Å².